The van der Waals surface area contributed by atoms with Gasteiger partial charge in [-0.05, 0) is 45.7 Å². The molecule has 0 bridgehead atoms. The van der Waals surface area contributed by atoms with Gasteiger partial charge in [0.25, 0.3) is 0 Å². The lowest BCUT2D eigenvalue weighted by Gasteiger charge is -2.24. The number of nitrogens with one attached hydrogen (secondary N) is 2. The summed E-state index contributed by atoms with van der Waals surface area (Å²) in [7, 11) is 0. The molecule has 2 N–H and O–H groups in total. The Balaban J connectivity index is 1.84. The molecule has 1 aliphatic rings. The lowest BCUT2D eigenvalue weighted by molar-refractivity contribution is -0.129. The van der Waals surface area contributed by atoms with Crippen molar-refractivity contribution >= 4 is 11.8 Å². The zero-order valence-electron chi connectivity index (χ0n) is 14.3. The van der Waals surface area contributed by atoms with Gasteiger partial charge in [-0.15, -0.1) is 0 Å². The van der Waals surface area contributed by atoms with E-state index in [9.17, 15) is 9.59 Å². The van der Waals surface area contributed by atoms with Crippen molar-refractivity contribution in [2.75, 3.05) is 13.1 Å². The molecule has 1 aliphatic heterocycles. The summed E-state index contributed by atoms with van der Waals surface area (Å²) in [6, 6.07) is 10.0. The van der Waals surface area contributed by atoms with Gasteiger partial charge in [-0.25, -0.2) is 0 Å². The minimum absolute atomic E-state index is 0.0335. The van der Waals surface area contributed by atoms with Crippen LogP contribution in [0.1, 0.15) is 39.2 Å². The Morgan fingerprint density at radius 3 is 2.57 bits per heavy atom. The first kappa shape index (κ1) is 17.5. The van der Waals surface area contributed by atoms with Gasteiger partial charge >= 0.3 is 0 Å². The second-order valence-electron chi connectivity index (χ2n) is 7.13. The quantitative estimate of drug-likeness (QED) is 0.868. The van der Waals surface area contributed by atoms with Crippen LogP contribution in [0.25, 0.3) is 0 Å². The molecule has 23 heavy (non-hydrogen) atoms. The summed E-state index contributed by atoms with van der Waals surface area (Å²) >= 11 is 0. The summed E-state index contributed by atoms with van der Waals surface area (Å²) in [5, 5.41) is 5.62. The molecule has 2 amide bonds. The third-order valence-corrected chi connectivity index (χ3v) is 3.83. The third-order valence-electron chi connectivity index (χ3n) is 3.83. The third kappa shape index (κ3) is 5.67. The molecule has 1 aromatic rings. The predicted octanol–water partition coefficient (Wildman–Crippen LogP) is 1.68. The first-order chi connectivity index (χ1) is 10.8. The minimum atomic E-state index is -0.283. The van der Waals surface area contributed by atoms with Gasteiger partial charge in [0, 0.05) is 12.1 Å². The molecule has 1 heterocycles. The summed E-state index contributed by atoms with van der Waals surface area (Å²) in [6.45, 7) is 7.49. The first-order valence-electron chi connectivity index (χ1n) is 8.22. The van der Waals surface area contributed by atoms with Crippen LogP contribution in [0.5, 0.6) is 0 Å². The molecule has 1 fully saturated rings. The Morgan fingerprint density at radius 2 is 1.91 bits per heavy atom. The van der Waals surface area contributed by atoms with Crippen molar-refractivity contribution in [1.82, 2.24) is 15.5 Å². The lowest BCUT2D eigenvalue weighted by atomic mass is 10.1. The second kappa shape index (κ2) is 7.59. The van der Waals surface area contributed by atoms with Crippen LogP contribution >= 0.6 is 0 Å². The summed E-state index contributed by atoms with van der Waals surface area (Å²) in [4.78, 5) is 26.4. The van der Waals surface area contributed by atoms with Crippen molar-refractivity contribution < 1.29 is 9.59 Å². The molecule has 1 atom stereocenters. The molecule has 5 heteroatoms. The van der Waals surface area contributed by atoms with Crippen molar-refractivity contribution in [3.05, 3.63) is 35.9 Å². The van der Waals surface area contributed by atoms with E-state index in [-0.39, 0.29) is 29.9 Å². The van der Waals surface area contributed by atoms with Gasteiger partial charge in [-0.3, -0.25) is 14.5 Å². The van der Waals surface area contributed by atoms with Gasteiger partial charge in [0.05, 0.1) is 12.6 Å². The summed E-state index contributed by atoms with van der Waals surface area (Å²) < 4.78 is 0. The largest absolute Gasteiger partial charge is 0.350 e. The molecular formula is C18H27N3O2. The van der Waals surface area contributed by atoms with E-state index in [4.69, 9.17) is 0 Å². The number of carbonyl (C=O) groups excluding carboxylic acids is 2. The highest BCUT2D eigenvalue weighted by Gasteiger charge is 2.30. The topological polar surface area (TPSA) is 61.4 Å². The van der Waals surface area contributed by atoms with Crippen LogP contribution in [0.2, 0.25) is 0 Å². The summed E-state index contributed by atoms with van der Waals surface area (Å²) in [5.74, 6) is -0.207. The molecule has 1 aromatic carbocycles. The zero-order chi connectivity index (χ0) is 16.9. The molecule has 0 radical (unpaired) electrons. The monoisotopic (exact) mass is 317 g/mol. The van der Waals surface area contributed by atoms with Crippen LogP contribution in [0.3, 0.4) is 0 Å². The normalized spacial score (nSPS) is 18.7. The zero-order valence-corrected chi connectivity index (χ0v) is 14.3. The second-order valence-corrected chi connectivity index (χ2v) is 7.13. The van der Waals surface area contributed by atoms with E-state index < -0.39 is 0 Å². The highest BCUT2D eigenvalue weighted by molar-refractivity contribution is 5.87. The number of rotatable bonds is 5. The van der Waals surface area contributed by atoms with Gasteiger partial charge in [0.2, 0.25) is 11.8 Å². The molecule has 5 nitrogen and oxygen atoms in total. The van der Waals surface area contributed by atoms with Crippen LogP contribution in [-0.2, 0) is 16.1 Å². The van der Waals surface area contributed by atoms with Crippen molar-refractivity contribution in [3.8, 4) is 0 Å². The molecule has 0 saturated carbocycles. The van der Waals surface area contributed by atoms with Crippen LogP contribution < -0.4 is 10.6 Å². The number of hydrogen-bond donors (Lipinski definition) is 2. The van der Waals surface area contributed by atoms with Crippen molar-refractivity contribution in [2.24, 2.45) is 0 Å². The average molecular weight is 317 g/mol. The molecule has 0 spiro atoms. The average Bonchev–Trinajstić information content (AvgIpc) is 2.92. The smallest absolute Gasteiger partial charge is 0.239 e. The number of likely N-dealkylation sites (tertiary alicyclic amines) is 1. The number of amides is 2. The van der Waals surface area contributed by atoms with Crippen LogP contribution in [0.4, 0.5) is 0 Å². The Labute approximate surface area is 138 Å². The Bertz CT molecular complexity index is 537. The molecule has 2 rings (SSSR count). The summed E-state index contributed by atoms with van der Waals surface area (Å²) in [5.41, 5.74) is 0.923. The van der Waals surface area contributed by atoms with E-state index in [0.29, 0.717) is 0 Å². The van der Waals surface area contributed by atoms with Crippen molar-refractivity contribution in [2.45, 2.75) is 51.7 Å². The fraction of sp³-hybridized carbons (Fsp3) is 0.556. The Hall–Kier alpha value is -1.88. The maximum Gasteiger partial charge on any atom is 0.239 e. The van der Waals surface area contributed by atoms with E-state index >= 15 is 0 Å². The maximum atomic E-state index is 12.4. The molecule has 0 unspecified atom stereocenters. The fourth-order valence-corrected chi connectivity index (χ4v) is 2.88. The molecular weight excluding hydrogens is 290 g/mol. The predicted molar refractivity (Wildman–Crippen MR) is 90.8 cm³/mol. The fourth-order valence-electron chi connectivity index (χ4n) is 2.88. The van der Waals surface area contributed by atoms with Crippen LogP contribution in [0.15, 0.2) is 30.3 Å². The van der Waals surface area contributed by atoms with Crippen molar-refractivity contribution in [1.29, 1.82) is 0 Å². The van der Waals surface area contributed by atoms with Gasteiger partial charge in [-0.1, -0.05) is 30.3 Å². The highest BCUT2D eigenvalue weighted by Crippen LogP contribution is 2.20. The van der Waals surface area contributed by atoms with Crippen LogP contribution in [0, 0.1) is 0 Å². The van der Waals surface area contributed by atoms with E-state index in [1.54, 1.807) is 0 Å². The SMILES string of the molecule is CC(C)(C)NC(=O)CNC(=O)[C@@H]1CCCN1Cc1ccccc1. The number of hydrogen-bond acceptors (Lipinski definition) is 3. The number of carbonyl (C=O) groups is 2. The molecule has 126 valence electrons. The highest BCUT2D eigenvalue weighted by atomic mass is 16.2. The Kier molecular flexibility index (Phi) is 5.77. The van der Waals surface area contributed by atoms with Gasteiger partial charge in [0.15, 0.2) is 0 Å². The molecule has 1 saturated heterocycles. The summed E-state index contributed by atoms with van der Waals surface area (Å²) in [6.07, 6.45) is 1.86. The van der Waals surface area contributed by atoms with E-state index in [2.05, 4.69) is 27.7 Å². The van der Waals surface area contributed by atoms with Crippen molar-refractivity contribution in [3.63, 3.8) is 0 Å². The number of nitrogens with zero attached hydrogens (tertiary/aromatic N) is 1. The van der Waals surface area contributed by atoms with E-state index in [0.717, 1.165) is 25.9 Å². The molecule has 0 aliphatic carbocycles. The number of benzene rings is 1. The lowest BCUT2D eigenvalue weighted by Crippen LogP contribution is -2.49. The van der Waals surface area contributed by atoms with E-state index in [1.807, 2.05) is 39.0 Å². The molecule has 0 aromatic heterocycles. The van der Waals surface area contributed by atoms with Gasteiger partial charge < -0.3 is 10.6 Å². The van der Waals surface area contributed by atoms with Gasteiger partial charge in [0.1, 0.15) is 0 Å². The Morgan fingerprint density at radius 1 is 1.22 bits per heavy atom. The first-order valence-corrected chi connectivity index (χ1v) is 8.22. The van der Waals surface area contributed by atoms with Gasteiger partial charge in [-0.2, -0.15) is 0 Å². The van der Waals surface area contributed by atoms with E-state index in [1.165, 1.54) is 5.56 Å². The maximum absolute atomic E-state index is 12.4. The van der Waals surface area contributed by atoms with Crippen LogP contribution in [-0.4, -0.2) is 41.4 Å². The standard InChI is InChI=1S/C18H27N3O2/c1-18(2,3)20-16(22)12-19-17(23)15-10-7-11-21(15)13-14-8-5-4-6-9-14/h4-6,8-9,15H,7,10-13H2,1-3H3,(H,19,23)(H,20,22)/t15-/m0/s1. The minimum Gasteiger partial charge on any atom is -0.350 e.